The molecule has 21 heteroatoms. The van der Waals surface area contributed by atoms with Crippen LogP contribution in [-0.4, -0.2) is 96.9 Å². The lowest BCUT2D eigenvalue weighted by Gasteiger charge is -2.19. The fourth-order valence-corrected chi connectivity index (χ4v) is 6.85. The zero-order valence-electron chi connectivity index (χ0n) is 28.3. The van der Waals surface area contributed by atoms with Crippen molar-refractivity contribution in [2.24, 2.45) is 0 Å². The van der Waals surface area contributed by atoms with Crippen LogP contribution >= 0.6 is 19.4 Å². The molecule has 0 spiro atoms. The smallest absolute Gasteiger partial charge is 0.357 e. The summed E-state index contributed by atoms with van der Waals surface area (Å²) in [4.78, 5) is 121. The normalized spacial score (nSPS) is 13.5. The minimum absolute atomic E-state index is 0.0311. The van der Waals surface area contributed by atoms with Crippen LogP contribution in [0.25, 0.3) is 33.4 Å². The van der Waals surface area contributed by atoms with Crippen LogP contribution in [-0.2, 0) is 33.4 Å². The van der Waals surface area contributed by atoms with Gasteiger partial charge in [0.2, 0.25) is 11.7 Å². The second-order valence-electron chi connectivity index (χ2n) is 11.8. The van der Waals surface area contributed by atoms with Crippen molar-refractivity contribution in [2.45, 2.75) is 25.0 Å². The summed E-state index contributed by atoms with van der Waals surface area (Å²) < 4.78 is 17.8. The number of aromatic carboxylic acids is 1. The molecule has 288 valence electrons. The number of aromatic hydroxyl groups is 1. The molecule has 19 nitrogen and oxygen atoms in total. The summed E-state index contributed by atoms with van der Waals surface area (Å²) in [6.07, 6.45) is -0.474. The second-order valence-corrected chi connectivity index (χ2v) is 14.6. The van der Waals surface area contributed by atoms with Gasteiger partial charge in [-0.2, -0.15) is 11.8 Å². The Balaban J connectivity index is 1.17. The Morgan fingerprint density at radius 1 is 0.909 bits per heavy atom. The molecule has 1 aliphatic carbocycles. The number of amides is 5. The Labute approximate surface area is 313 Å². The topological polar surface area (TPSA) is 296 Å². The highest BCUT2D eigenvalue weighted by atomic mass is 32.2. The summed E-state index contributed by atoms with van der Waals surface area (Å²) >= 11 is 0.845. The summed E-state index contributed by atoms with van der Waals surface area (Å²) in [5.41, 5.74) is 0.349. The van der Waals surface area contributed by atoms with Gasteiger partial charge in [0, 0.05) is 65.9 Å². The number of hydrogen-bond donors (Lipinski definition) is 7. The number of thioether (sulfide) groups is 1. The van der Waals surface area contributed by atoms with Crippen LogP contribution in [0.4, 0.5) is 0 Å². The van der Waals surface area contributed by atoms with Gasteiger partial charge in [0.05, 0.1) is 17.7 Å². The number of carbonyl (C=O) groups excluding carboxylic acids is 6. The fraction of sp³-hybridized carbons (Fsp3) is 0.235. The molecule has 2 aliphatic heterocycles. The maximum absolute atomic E-state index is 13.0. The van der Waals surface area contributed by atoms with E-state index in [0.717, 1.165) is 17.8 Å². The molecule has 55 heavy (non-hydrogen) atoms. The largest absolute Gasteiger partial charge is 0.508 e. The molecule has 2 aromatic rings. The SMILES string of the molecule is O=C(CSCCC(=O)ON1C(=O)CCC1=O)NC(C(=O)NCCNC(=O)c1ccc(-c2c3ccc(=O)cc-3oc3cc(O)ccc23)c(C(=O)O)c1)P(=O)(O)O. The number of hydroxylamine groups is 2. The van der Waals surface area contributed by atoms with Gasteiger partial charge in [-0.05, 0) is 42.0 Å². The van der Waals surface area contributed by atoms with Crippen LogP contribution in [0.1, 0.15) is 40.0 Å². The molecule has 0 aromatic heterocycles. The van der Waals surface area contributed by atoms with Crippen molar-refractivity contribution >= 4 is 71.8 Å². The van der Waals surface area contributed by atoms with Crippen LogP contribution in [0.2, 0.25) is 0 Å². The fourth-order valence-electron chi connectivity index (χ4n) is 5.41. The third-order valence-corrected chi connectivity index (χ3v) is 9.93. The van der Waals surface area contributed by atoms with Crippen LogP contribution < -0.4 is 21.4 Å². The number of fused-ring (bicyclic) bond motifs is 2. The van der Waals surface area contributed by atoms with Gasteiger partial charge in [0.15, 0.2) is 5.43 Å². The van der Waals surface area contributed by atoms with Crippen molar-refractivity contribution in [1.82, 2.24) is 21.0 Å². The number of rotatable bonds is 15. The van der Waals surface area contributed by atoms with E-state index in [2.05, 4.69) is 10.6 Å². The summed E-state index contributed by atoms with van der Waals surface area (Å²) in [5.74, 6) is -9.37. The molecule has 5 amide bonds. The molecule has 2 heterocycles. The minimum atomic E-state index is -5.24. The highest BCUT2D eigenvalue weighted by Gasteiger charge is 2.37. The summed E-state index contributed by atoms with van der Waals surface area (Å²) in [6, 6.07) is 12.0. The van der Waals surface area contributed by atoms with Crippen LogP contribution in [0.3, 0.4) is 0 Å². The average molecular weight is 799 g/mol. The minimum Gasteiger partial charge on any atom is -0.508 e. The first-order valence-electron chi connectivity index (χ1n) is 16.2. The van der Waals surface area contributed by atoms with Crippen LogP contribution in [0, 0.1) is 0 Å². The Morgan fingerprint density at radius 3 is 2.29 bits per heavy atom. The number of carbonyl (C=O) groups is 7. The molecule has 7 N–H and O–H groups in total. The molecule has 3 aliphatic rings. The summed E-state index contributed by atoms with van der Waals surface area (Å²) in [7, 11) is -5.24. The number of nitrogens with zero attached hydrogens (tertiary/aromatic N) is 1. The van der Waals surface area contributed by atoms with Crippen molar-refractivity contribution in [3.8, 4) is 28.2 Å². The predicted molar refractivity (Wildman–Crippen MR) is 192 cm³/mol. The van der Waals surface area contributed by atoms with E-state index in [1.165, 1.54) is 48.5 Å². The first-order valence-corrected chi connectivity index (χ1v) is 19.0. The molecule has 0 radical (unpaired) electrons. The molecule has 1 saturated heterocycles. The van der Waals surface area contributed by atoms with Gasteiger partial charge in [-0.25, -0.2) is 9.59 Å². The average Bonchev–Trinajstić information content (AvgIpc) is 3.44. The van der Waals surface area contributed by atoms with Gasteiger partial charge in [0.1, 0.15) is 17.1 Å². The van der Waals surface area contributed by atoms with Crippen molar-refractivity contribution in [3.05, 3.63) is 75.9 Å². The van der Waals surface area contributed by atoms with Crippen LogP contribution in [0.5, 0.6) is 5.75 Å². The van der Waals surface area contributed by atoms with Gasteiger partial charge < -0.3 is 45.2 Å². The van der Waals surface area contributed by atoms with E-state index >= 15 is 0 Å². The lowest BCUT2D eigenvalue weighted by molar-refractivity contribution is -0.197. The number of phenols is 1. The molecule has 1 fully saturated rings. The van der Waals surface area contributed by atoms with E-state index in [1.807, 2.05) is 5.32 Å². The van der Waals surface area contributed by atoms with Gasteiger partial charge in [0.25, 0.3) is 23.6 Å². The molecule has 1 atom stereocenters. The Bertz CT molecular complexity index is 2290. The van der Waals surface area contributed by atoms with E-state index < -0.39 is 60.6 Å². The highest BCUT2D eigenvalue weighted by molar-refractivity contribution is 7.99. The van der Waals surface area contributed by atoms with Gasteiger partial charge in [-0.3, -0.25) is 33.3 Å². The molecule has 0 bridgehead atoms. The van der Waals surface area contributed by atoms with Crippen molar-refractivity contribution in [2.75, 3.05) is 24.6 Å². The number of phenolic OH excluding ortho intramolecular Hbond substituents is 1. The Morgan fingerprint density at radius 2 is 1.60 bits per heavy atom. The monoisotopic (exact) mass is 798 g/mol. The summed E-state index contributed by atoms with van der Waals surface area (Å²) in [6.45, 7) is -0.645. The molecule has 5 rings (SSSR count). The number of carboxylic acid groups (broad SMARTS) is 1. The van der Waals surface area contributed by atoms with E-state index in [-0.39, 0.29) is 77.3 Å². The second kappa shape index (κ2) is 16.9. The van der Waals surface area contributed by atoms with Crippen molar-refractivity contribution in [3.63, 3.8) is 0 Å². The first kappa shape index (κ1) is 40.1. The van der Waals surface area contributed by atoms with Crippen molar-refractivity contribution in [1.29, 1.82) is 0 Å². The zero-order valence-corrected chi connectivity index (χ0v) is 30.0. The standard InChI is InChI=1S/C34H31N4O15PS/c39-18-2-5-21-24(14-18)52-25-15-19(40)3-6-22(25)30(21)20-4-1-17(13-23(20)34(47)48)31(45)35-10-11-36-32(46)33(54(49,50)51)37-26(41)16-55-12-9-29(44)53-38-27(42)7-8-28(38)43/h1-6,13-15,33,39H,7-12,16H2,(H,35,45)(H,36,46)(H,37,41)(H,47,48)(H2,49,50,51). The van der Waals surface area contributed by atoms with E-state index in [4.69, 9.17) is 9.25 Å². The third-order valence-electron chi connectivity index (χ3n) is 7.93. The predicted octanol–water partition coefficient (Wildman–Crippen LogP) is 1.17. The first-order chi connectivity index (χ1) is 26.0. The number of nitrogens with one attached hydrogen (secondary N) is 3. The third kappa shape index (κ3) is 9.73. The lowest BCUT2D eigenvalue weighted by atomic mass is 9.90. The maximum atomic E-state index is 13.0. The lowest BCUT2D eigenvalue weighted by Crippen LogP contribution is -2.48. The Kier molecular flexibility index (Phi) is 12.4. The van der Waals surface area contributed by atoms with Gasteiger partial charge in [-0.1, -0.05) is 6.07 Å². The van der Waals surface area contributed by atoms with Crippen molar-refractivity contribution < 1.29 is 67.4 Å². The summed E-state index contributed by atoms with van der Waals surface area (Å²) in [5, 5.41) is 27.5. The van der Waals surface area contributed by atoms with E-state index in [9.17, 15) is 62.9 Å². The number of benzene rings is 3. The highest BCUT2D eigenvalue weighted by Crippen LogP contribution is 2.42. The molecule has 1 unspecified atom stereocenters. The molecular formula is C34H31N4O15PS. The maximum Gasteiger partial charge on any atom is 0.357 e. The molecular weight excluding hydrogens is 767 g/mol. The molecule has 2 aromatic carbocycles. The van der Waals surface area contributed by atoms with Gasteiger partial charge >= 0.3 is 19.5 Å². The van der Waals surface area contributed by atoms with Crippen LogP contribution in [0.15, 0.2) is 63.8 Å². The number of hydrogen-bond acceptors (Lipinski definition) is 13. The molecule has 0 saturated carbocycles. The number of carboxylic acids is 1. The quantitative estimate of drug-likeness (QED) is 0.0384. The Hall–Kier alpha value is -6.08. The number of imide groups is 1. The van der Waals surface area contributed by atoms with E-state index in [1.54, 1.807) is 0 Å². The zero-order chi connectivity index (χ0) is 40.0. The van der Waals surface area contributed by atoms with E-state index in [0.29, 0.717) is 21.6 Å². The van der Waals surface area contributed by atoms with Gasteiger partial charge in [-0.15, -0.1) is 5.06 Å².